The summed E-state index contributed by atoms with van der Waals surface area (Å²) < 4.78 is 0. The summed E-state index contributed by atoms with van der Waals surface area (Å²) in [5.41, 5.74) is 1.18. The van der Waals surface area contributed by atoms with Crippen molar-refractivity contribution < 1.29 is 9.90 Å². The third-order valence-electron chi connectivity index (χ3n) is 3.70. The first-order valence-corrected chi connectivity index (χ1v) is 7.36. The molecule has 0 bridgehead atoms. The fourth-order valence-corrected chi connectivity index (χ4v) is 2.65. The van der Waals surface area contributed by atoms with Crippen molar-refractivity contribution in [3.8, 4) is 5.75 Å². The largest absolute Gasteiger partial charge is 0.508 e. The maximum absolute atomic E-state index is 11.9. The fraction of sp³-hybridized carbons (Fsp3) is 0.562. The number of benzene rings is 1. The van der Waals surface area contributed by atoms with Crippen LogP contribution < -0.4 is 5.32 Å². The number of hydrogen-bond acceptors (Lipinski definition) is 3. The summed E-state index contributed by atoms with van der Waals surface area (Å²) in [6, 6.07) is 7.62. The van der Waals surface area contributed by atoms with Crippen LogP contribution in [-0.4, -0.2) is 35.5 Å². The molecule has 1 aliphatic heterocycles. The topological polar surface area (TPSA) is 52.6 Å². The van der Waals surface area contributed by atoms with E-state index >= 15 is 0 Å². The number of carbonyl (C=O) groups excluding carboxylic acids is 1. The van der Waals surface area contributed by atoms with Gasteiger partial charge in [-0.25, -0.2) is 0 Å². The maximum Gasteiger partial charge on any atom is 0.234 e. The van der Waals surface area contributed by atoms with E-state index in [4.69, 9.17) is 0 Å². The number of aromatic hydroxyl groups is 1. The molecule has 1 aromatic rings. The molecule has 0 aromatic heterocycles. The van der Waals surface area contributed by atoms with E-state index in [9.17, 15) is 9.90 Å². The third-order valence-corrected chi connectivity index (χ3v) is 3.70. The number of phenols is 1. The number of nitrogens with zero attached hydrogens (tertiary/aromatic N) is 1. The van der Waals surface area contributed by atoms with Gasteiger partial charge in [-0.2, -0.15) is 0 Å². The van der Waals surface area contributed by atoms with Crippen LogP contribution >= 0.6 is 0 Å². The monoisotopic (exact) mass is 276 g/mol. The molecule has 2 rings (SSSR count). The fourth-order valence-electron chi connectivity index (χ4n) is 2.65. The molecule has 1 saturated heterocycles. The molecule has 2 N–H and O–H groups in total. The number of rotatable bonds is 5. The number of hydrogen-bond donors (Lipinski definition) is 2. The van der Waals surface area contributed by atoms with Gasteiger partial charge >= 0.3 is 0 Å². The van der Waals surface area contributed by atoms with Crippen LogP contribution in [0.2, 0.25) is 0 Å². The van der Waals surface area contributed by atoms with Crippen LogP contribution in [0.25, 0.3) is 0 Å². The van der Waals surface area contributed by atoms with Gasteiger partial charge in [0, 0.05) is 12.6 Å². The van der Waals surface area contributed by atoms with Gasteiger partial charge in [-0.15, -0.1) is 0 Å². The van der Waals surface area contributed by atoms with E-state index in [0.29, 0.717) is 18.5 Å². The van der Waals surface area contributed by atoms with Crippen molar-refractivity contribution >= 4 is 5.91 Å². The van der Waals surface area contributed by atoms with Crippen molar-refractivity contribution in [1.29, 1.82) is 0 Å². The highest BCUT2D eigenvalue weighted by Crippen LogP contribution is 2.32. The molecule has 0 spiro atoms. The molecule has 0 radical (unpaired) electrons. The average molecular weight is 276 g/mol. The Morgan fingerprint density at radius 3 is 2.75 bits per heavy atom. The Morgan fingerprint density at radius 2 is 2.10 bits per heavy atom. The van der Waals surface area contributed by atoms with Crippen LogP contribution in [0.15, 0.2) is 24.3 Å². The van der Waals surface area contributed by atoms with Crippen molar-refractivity contribution in [2.75, 3.05) is 19.6 Å². The Bertz CT molecular complexity index is 442. The summed E-state index contributed by atoms with van der Waals surface area (Å²) >= 11 is 0. The first kappa shape index (κ1) is 14.9. The van der Waals surface area contributed by atoms with Gasteiger partial charge in [-0.05, 0) is 43.0 Å². The number of phenolic OH excluding ortho intramolecular Hbond substituents is 1. The first-order chi connectivity index (χ1) is 9.56. The van der Waals surface area contributed by atoms with Gasteiger partial charge in [0.1, 0.15) is 5.75 Å². The van der Waals surface area contributed by atoms with E-state index in [1.807, 2.05) is 12.1 Å². The summed E-state index contributed by atoms with van der Waals surface area (Å²) in [5.74, 6) is 0.864. The van der Waals surface area contributed by atoms with E-state index in [1.54, 1.807) is 12.1 Å². The minimum atomic E-state index is 0.101. The molecule has 0 saturated carbocycles. The predicted molar refractivity (Wildman–Crippen MR) is 79.5 cm³/mol. The Morgan fingerprint density at radius 1 is 1.40 bits per heavy atom. The lowest BCUT2D eigenvalue weighted by Gasteiger charge is -2.24. The van der Waals surface area contributed by atoms with Gasteiger partial charge in [0.25, 0.3) is 0 Å². The van der Waals surface area contributed by atoms with E-state index in [1.165, 1.54) is 5.56 Å². The summed E-state index contributed by atoms with van der Waals surface area (Å²) in [4.78, 5) is 14.2. The highest BCUT2D eigenvalue weighted by Gasteiger charge is 2.27. The van der Waals surface area contributed by atoms with E-state index in [2.05, 4.69) is 24.1 Å². The number of likely N-dealkylation sites (tertiary alicyclic amines) is 1. The zero-order valence-electron chi connectivity index (χ0n) is 12.3. The van der Waals surface area contributed by atoms with Gasteiger partial charge in [0.05, 0.1) is 6.54 Å². The second-order valence-electron chi connectivity index (χ2n) is 5.92. The highest BCUT2D eigenvalue weighted by molar-refractivity contribution is 5.78. The average Bonchev–Trinajstić information content (AvgIpc) is 2.85. The Balaban J connectivity index is 1.93. The lowest BCUT2D eigenvalue weighted by Crippen LogP contribution is -2.38. The molecule has 1 atom stereocenters. The Hall–Kier alpha value is -1.55. The SMILES string of the molecule is CC(C)CNC(=O)CN1CCC[C@H]1c1ccc(O)cc1. The van der Waals surface area contributed by atoms with Crippen LogP contribution in [0.4, 0.5) is 0 Å². The maximum atomic E-state index is 11.9. The van der Waals surface area contributed by atoms with Crippen LogP contribution in [0, 0.1) is 5.92 Å². The van der Waals surface area contributed by atoms with Crippen molar-refractivity contribution in [2.45, 2.75) is 32.7 Å². The third kappa shape index (κ3) is 3.97. The van der Waals surface area contributed by atoms with Crippen LogP contribution in [-0.2, 0) is 4.79 Å². The Labute approximate surface area is 120 Å². The summed E-state index contributed by atoms with van der Waals surface area (Å²) in [6.45, 7) is 6.33. The first-order valence-electron chi connectivity index (χ1n) is 7.36. The smallest absolute Gasteiger partial charge is 0.234 e. The van der Waals surface area contributed by atoms with E-state index in [-0.39, 0.29) is 11.7 Å². The van der Waals surface area contributed by atoms with Gasteiger partial charge in [0.2, 0.25) is 5.91 Å². The second kappa shape index (κ2) is 6.75. The van der Waals surface area contributed by atoms with E-state index in [0.717, 1.165) is 25.9 Å². The standard InChI is InChI=1S/C16H24N2O2/c1-12(2)10-17-16(20)11-18-9-3-4-15(18)13-5-7-14(19)8-6-13/h5-8,12,15,19H,3-4,9-11H2,1-2H3,(H,17,20)/t15-/m0/s1. The molecular weight excluding hydrogens is 252 g/mol. The van der Waals surface area contributed by atoms with Crippen LogP contribution in [0.1, 0.15) is 38.3 Å². The van der Waals surface area contributed by atoms with Crippen molar-refractivity contribution in [3.63, 3.8) is 0 Å². The van der Waals surface area contributed by atoms with Crippen molar-refractivity contribution in [1.82, 2.24) is 10.2 Å². The Kier molecular flexibility index (Phi) is 5.01. The summed E-state index contributed by atoms with van der Waals surface area (Å²) in [6.07, 6.45) is 2.19. The number of amides is 1. The van der Waals surface area contributed by atoms with Gasteiger partial charge in [0.15, 0.2) is 0 Å². The molecule has 1 aliphatic rings. The van der Waals surface area contributed by atoms with Crippen molar-refractivity contribution in [3.05, 3.63) is 29.8 Å². The lowest BCUT2D eigenvalue weighted by molar-refractivity contribution is -0.122. The quantitative estimate of drug-likeness (QED) is 0.867. The van der Waals surface area contributed by atoms with Crippen molar-refractivity contribution in [2.24, 2.45) is 5.92 Å². The van der Waals surface area contributed by atoms with Gasteiger partial charge in [-0.1, -0.05) is 26.0 Å². The van der Waals surface area contributed by atoms with Gasteiger partial charge in [-0.3, -0.25) is 9.69 Å². The summed E-state index contributed by atoms with van der Waals surface area (Å²) in [5, 5.41) is 12.3. The predicted octanol–water partition coefficient (Wildman–Crippen LogP) is 2.30. The second-order valence-corrected chi connectivity index (χ2v) is 5.92. The van der Waals surface area contributed by atoms with Crippen LogP contribution in [0.5, 0.6) is 5.75 Å². The molecule has 0 aliphatic carbocycles. The lowest BCUT2D eigenvalue weighted by atomic mass is 10.0. The number of carbonyl (C=O) groups is 1. The molecule has 20 heavy (non-hydrogen) atoms. The molecule has 0 unspecified atom stereocenters. The normalized spacial score (nSPS) is 19.4. The zero-order valence-corrected chi connectivity index (χ0v) is 12.3. The van der Waals surface area contributed by atoms with E-state index < -0.39 is 0 Å². The molecule has 1 heterocycles. The minimum Gasteiger partial charge on any atom is -0.508 e. The minimum absolute atomic E-state index is 0.101. The zero-order chi connectivity index (χ0) is 14.5. The highest BCUT2D eigenvalue weighted by atomic mass is 16.3. The molecule has 4 heteroatoms. The molecular formula is C16H24N2O2. The number of nitrogens with one attached hydrogen (secondary N) is 1. The molecule has 1 fully saturated rings. The van der Waals surface area contributed by atoms with Crippen LogP contribution in [0.3, 0.4) is 0 Å². The van der Waals surface area contributed by atoms with Gasteiger partial charge < -0.3 is 10.4 Å². The molecule has 1 amide bonds. The molecule has 110 valence electrons. The summed E-state index contributed by atoms with van der Waals surface area (Å²) in [7, 11) is 0. The molecule has 4 nitrogen and oxygen atoms in total. The molecule has 1 aromatic carbocycles.